The number of allylic oxidation sites excluding steroid dienone is 2. The molecule has 116 heavy (non-hydrogen) atoms. The van der Waals surface area contributed by atoms with Crippen molar-refractivity contribution in [2.75, 3.05) is 82.2 Å². The number of phenolic OH excluding ortho intramolecular Hbond substituents is 3. The molecule has 33 heteroatoms. The number of phenols is 3. The van der Waals surface area contributed by atoms with Crippen LogP contribution in [0.5, 0.6) is 23.0 Å². The minimum Gasteiger partial charge on any atom is -0.507 e. The van der Waals surface area contributed by atoms with Crippen molar-refractivity contribution in [3.8, 4) is 34.3 Å². The van der Waals surface area contributed by atoms with Crippen LogP contribution < -0.4 is 37.4 Å². The van der Waals surface area contributed by atoms with Gasteiger partial charge in [-0.25, -0.2) is 10.8 Å². The number of halogens is 3. The molecule has 2 saturated heterocycles. The molecule has 5 aliphatic rings. The van der Waals surface area contributed by atoms with Crippen LogP contribution in [0.3, 0.4) is 0 Å². The summed E-state index contributed by atoms with van der Waals surface area (Å²) in [5.74, 6) is -4.55. The molecule has 8 aromatic rings. The molecule has 0 aliphatic carbocycles. The summed E-state index contributed by atoms with van der Waals surface area (Å²) in [6.45, 7) is 20.4. The van der Waals surface area contributed by atoms with Gasteiger partial charge >= 0.3 is 17.9 Å². The molecule has 0 unspecified atom stereocenters. The van der Waals surface area contributed by atoms with Crippen LogP contribution in [0.2, 0.25) is 0 Å². The van der Waals surface area contributed by atoms with Crippen molar-refractivity contribution in [1.82, 2.24) is 44.8 Å². The number of aromatic hydroxyl groups is 3. The van der Waals surface area contributed by atoms with Gasteiger partial charge in [-0.15, -0.1) is 0 Å². The summed E-state index contributed by atoms with van der Waals surface area (Å²) in [5.41, 5.74) is 14.6. The van der Waals surface area contributed by atoms with E-state index in [1.807, 2.05) is 59.3 Å². The third-order valence-electron chi connectivity index (χ3n) is 20.6. The Bertz CT molecular complexity index is 4910. The first kappa shape index (κ1) is 87.8. The molecule has 12 N–H and O–H groups in total. The third-order valence-corrected chi connectivity index (χ3v) is 20.6. The van der Waals surface area contributed by atoms with Gasteiger partial charge in [0.25, 0.3) is 29.4 Å². The number of primary amides is 1. The number of carbonyl (C=O) groups excluding carboxylic acids is 6. The number of ether oxygens (including phenoxy) is 4. The molecular weight excluding hydrogens is 1500 g/mol. The van der Waals surface area contributed by atoms with Gasteiger partial charge in [0.2, 0.25) is 0 Å². The number of hydrazine groups is 1. The number of nitrogens with two attached hydrogens (primary N) is 2. The Balaban J connectivity index is 0.000000226. The largest absolute Gasteiger partial charge is 0.507 e. The highest BCUT2D eigenvalue weighted by atomic mass is 19.4. The number of ketones is 1. The van der Waals surface area contributed by atoms with E-state index < -0.39 is 106 Å². The monoisotopic (exact) mass is 1600 g/mol. The number of hydrazone groups is 1. The number of nitrogens with zero attached hydrogens (tertiary/aromatic N) is 10. The number of likely N-dealkylation sites (N-methyl/N-ethyl adjacent to an activating group) is 1. The second-order valence-corrected chi connectivity index (χ2v) is 28.6. The number of esters is 1. The number of pyridine rings is 2. The molecule has 4 amide bonds. The second kappa shape index (κ2) is 39.3. The number of methoxy groups -OCH3 is 1. The van der Waals surface area contributed by atoms with Crippen molar-refractivity contribution in [1.29, 1.82) is 0 Å². The molecule has 30 nitrogen and oxygen atoms in total. The Kier molecular flexibility index (Phi) is 29.7. The summed E-state index contributed by atoms with van der Waals surface area (Å²) in [7, 11) is 3.42. The van der Waals surface area contributed by atoms with Gasteiger partial charge < -0.3 is 65.3 Å². The maximum atomic E-state index is 14.4. The average Bonchev–Trinajstić information content (AvgIpc) is 1.25. The molecule has 4 aromatic carbocycles. The zero-order valence-corrected chi connectivity index (χ0v) is 66.2. The number of anilines is 2. The van der Waals surface area contributed by atoms with Gasteiger partial charge in [-0.1, -0.05) is 82.3 Å². The Morgan fingerprint density at radius 1 is 0.767 bits per heavy atom. The van der Waals surface area contributed by atoms with Crippen molar-refractivity contribution in [3.05, 3.63) is 215 Å². The summed E-state index contributed by atoms with van der Waals surface area (Å²) in [6.07, 6.45) is 11.0. The Hall–Kier alpha value is -12.1. The molecule has 9 heterocycles. The van der Waals surface area contributed by atoms with Gasteiger partial charge in [-0.3, -0.25) is 69.2 Å². The number of amides is 4. The summed E-state index contributed by atoms with van der Waals surface area (Å²) in [5, 5.41) is 66.8. The molecular formula is C83H98F3N15O15. The fourth-order valence-electron chi connectivity index (χ4n) is 13.7. The number of rotatable bonds is 12. The Morgan fingerprint density at radius 2 is 1.41 bits per heavy atom. The van der Waals surface area contributed by atoms with Crippen LogP contribution in [-0.4, -0.2) is 203 Å². The van der Waals surface area contributed by atoms with Gasteiger partial charge in [0.15, 0.2) is 5.75 Å². The quantitative estimate of drug-likeness (QED) is 0.0104. The van der Waals surface area contributed by atoms with E-state index in [9.17, 15) is 67.5 Å². The third kappa shape index (κ3) is 21.2. The number of aliphatic hydroxyl groups is 2. The summed E-state index contributed by atoms with van der Waals surface area (Å²) < 4.78 is 64.9. The number of carbonyl (C=O) groups is 6. The lowest BCUT2D eigenvalue weighted by atomic mass is 9.78. The minimum atomic E-state index is -4.36. The molecule has 2 fully saturated rings. The van der Waals surface area contributed by atoms with E-state index in [2.05, 4.69) is 51.6 Å². The summed E-state index contributed by atoms with van der Waals surface area (Å²) in [4.78, 5) is 95.9. The number of aliphatic hydroxyl groups excluding tert-OH is 2. The molecule has 13 rings (SSSR count). The number of nitrogens with one attached hydrogen (secondary N) is 3. The van der Waals surface area contributed by atoms with Crippen molar-refractivity contribution < 1.29 is 86.4 Å². The molecule has 5 aliphatic heterocycles. The molecule has 0 spiro atoms. The lowest BCUT2D eigenvalue weighted by Crippen LogP contribution is -2.46. The highest BCUT2D eigenvalue weighted by Gasteiger charge is 2.50. The lowest BCUT2D eigenvalue weighted by Gasteiger charge is -2.38. The van der Waals surface area contributed by atoms with Crippen molar-refractivity contribution in [2.45, 2.75) is 105 Å². The molecule has 616 valence electrons. The number of hydrogen-bond acceptors (Lipinski definition) is 25. The number of aromatic nitrogens is 5. The van der Waals surface area contributed by atoms with Crippen molar-refractivity contribution in [2.24, 2.45) is 40.3 Å². The van der Waals surface area contributed by atoms with Crippen LogP contribution >= 0.6 is 0 Å². The number of Topliss-reactive ketones (excluding diaryl/α,β-unsaturated/α-hetero) is 1. The van der Waals surface area contributed by atoms with Crippen molar-refractivity contribution >= 4 is 63.7 Å². The summed E-state index contributed by atoms with van der Waals surface area (Å²) >= 11 is 0. The normalized spacial score (nSPS) is 22.5. The van der Waals surface area contributed by atoms with E-state index in [1.165, 1.54) is 103 Å². The molecule has 9 atom stereocenters. The van der Waals surface area contributed by atoms with Gasteiger partial charge in [-0.2, -0.15) is 18.3 Å². The summed E-state index contributed by atoms with van der Waals surface area (Å²) in [6, 6.07) is 24.0. The first-order chi connectivity index (χ1) is 55.2. The predicted molar refractivity (Wildman–Crippen MR) is 428 cm³/mol. The maximum absolute atomic E-state index is 14.4. The molecule has 5 bridgehead atoms. The van der Waals surface area contributed by atoms with Gasteiger partial charge in [0.05, 0.1) is 70.4 Å². The van der Waals surface area contributed by atoms with Crippen LogP contribution in [0, 0.1) is 37.5 Å². The Labute approximate surface area is 668 Å². The number of piperazine rings is 2. The van der Waals surface area contributed by atoms with E-state index in [4.69, 9.17) is 30.5 Å². The van der Waals surface area contributed by atoms with Gasteiger partial charge in [0.1, 0.15) is 29.0 Å². The fourth-order valence-corrected chi connectivity index (χ4v) is 13.7. The lowest BCUT2D eigenvalue weighted by molar-refractivity contribution is -0.160. The zero-order chi connectivity index (χ0) is 84.5. The highest BCUT2D eigenvalue weighted by molar-refractivity contribution is 6.24. The van der Waals surface area contributed by atoms with E-state index in [-0.39, 0.29) is 62.0 Å². The van der Waals surface area contributed by atoms with E-state index in [0.717, 1.165) is 41.7 Å². The minimum absolute atomic E-state index is 0.0559. The predicted octanol–water partition coefficient (Wildman–Crippen LogP) is 9.18. The highest BCUT2D eigenvalue weighted by Crippen LogP contribution is 2.55. The maximum Gasteiger partial charge on any atom is 0.416 e. The van der Waals surface area contributed by atoms with Crippen LogP contribution in [0.25, 0.3) is 22.0 Å². The number of benzene rings is 4. The topological polar surface area (TPSA) is 410 Å². The zero-order valence-electron chi connectivity index (χ0n) is 66.2. The standard InChI is InChI=1S/C43H58N4O12.C29H28F3N5O.C6H7N3O.C5H5N3O/c1-21-12-11-13-22(2)42(55)45-33-28(20-44-47-17-15-46(9)16-18-47)37(52)30-31(38(33)53)36(51)26(6)40-32(30)41(54)43(8,59-40)57-19-14-29(56-10)23(3)39(58-27(7)48)25(5)35(50)24(4)34(21)49;1-21-24(20-35-14-16-36(17-15-35)26-9-5-8-25(19-26)29(30,31)32)18-27(22-6-3-2-4-7-22)37(21)34-28(38)23-10-12-33-13-11-23;7-9-6(10)5-1-3-8-4-2-5;6-5(9)4-3-7-1-2-8-4/h11-14,19-21,23-25,29,34-35,39,49-53H,15-18H2,1-10H3,(H,45,55);2-13,18-19H,14-17,20H2,1H3,(H,34,38);1-4H,7H2,(H,9,10);1-3H,(H2,6,9)/b12-11+,19-14+,22-13-,44-20+;;;/t21-,23+,24+,25+,29-,34-,35+,39+,43-;;;/m0.../s1. The van der Waals surface area contributed by atoms with E-state index >= 15 is 0 Å². The number of hydrogen-bond donors (Lipinski definition) is 10. The fraction of sp³-hybridized carbons (Fsp3) is 0.361. The second-order valence-electron chi connectivity index (χ2n) is 28.6. The van der Waals surface area contributed by atoms with Crippen molar-refractivity contribution in [3.63, 3.8) is 0 Å². The molecule has 0 saturated carbocycles. The van der Waals surface area contributed by atoms with E-state index in [1.54, 1.807) is 87.6 Å². The van der Waals surface area contributed by atoms with Gasteiger partial charge in [-0.05, 0) is 88.0 Å². The SMILES string of the molecule is CO[C@H]1/C=C/O[C@@]2(C)Oc3c(C)c(O)c4c(O)c(c(/C=N/N5CCN(C)CC5)c(O)c4c3C2=O)NC(=O)/C(C)=C\C=C\[C@H](C)[C@H](O)[C@@H](C)[C@@H](O)[C@@H](C)[C@H](OC(C)=O)[C@@H]1C.Cc1c(CN2CCN(c3cccc(C(F)(F)F)c3)CC2)cc(-c2ccccc2)n1NC(=O)c1ccncc1.NC(=O)c1cnccn1.NNC(=O)c1ccncc1. The average molecular weight is 1600 g/mol. The van der Waals surface area contributed by atoms with E-state index in [0.29, 0.717) is 62.6 Å². The first-order valence-corrected chi connectivity index (χ1v) is 37.3. The molecule has 4 aromatic heterocycles. The van der Waals surface area contributed by atoms with Crippen LogP contribution in [0.4, 0.5) is 24.5 Å². The first-order valence-electron chi connectivity index (χ1n) is 37.3. The van der Waals surface area contributed by atoms with Crippen LogP contribution in [-0.2, 0) is 36.5 Å². The number of fused-ring (bicyclic) bond motifs is 14. The Morgan fingerprint density at radius 3 is 2.00 bits per heavy atom. The number of nitrogen functional groups attached to an aromatic ring is 1. The smallest absolute Gasteiger partial charge is 0.416 e. The van der Waals surface area contributed by atoms with Gasteiger partial charge in [0, 0.05) is 185 Å². The number of alkyl halides is 3. The van der Waals surface area contributed by atoms with Crippen LogP contribution in [0.1, 0.15) is 118 Å². The molecule has 0 radical (unpaired) electrons. The van der Waals surface area contributed by atoms with Crippen LogP contribution in [0.15, 0.2) is 170 Å².